The third-order valence-corrected chi connectivity index (χ3v) is 6.99. The number of benzene rings is 2. The zero-order valence-electron chi connectivity index (χ0n) is 16.2. The summed E-state index contributed by atoms with van der Waals surface area (Å²) in [7, 11) is 0. The topological polar surface area (TPSA) is 52.6 Å². The van der Waals surface area contributed by atoms with Gasteiger partial charge in [0.1, 0.15) is 0 Å². The van der Waals surface area contributed by atoms with Gasteiger partial charge in [-0.15, -0.1) is 0 Å². The van der Waals surface area contributed by atoms with Crippen LogP contribution in [0.1, 0.15) is 45.8 Å². The number of hydrogen-bond acceptors (Lipinski definition) is 3. The fourth-order valence-electron chi connectivity index (χ4n) is 5.29. The van der Waals surface area contributed by atoms with E-state index in [9.17, 15) is 4.79 Å². The van der Waals surface area contributed by atoms with Crippen LogP contribution < -0.4 is 5.32 Å². The minimum Gasteiger partial charge on any atom is -0.478 e. The molecule has 2 fully saturated rings. The molecule has 3 unspecified atom stereocenters. The van der Waals surface area contributed by atoms with Crippen molar-refractivity contribution in [3.8, 4) is 0 Å². The van der Waals surface area contributed by atoms with E-state index >= 15 is 0 Å². The van der Waals surface area contributed by atoms with E-state index in [2.05, 4.69) is 34.5 Å². The molecule has 0 radical (unpaired) electrons. The summed E-state index contributed by atoms with van der Waals surface area (Å²) in [6.07, 6.45) is 3.76. The maximum atomic E-state index is 11.0. The zero-order valence-corrected chi connectivity index (χ0v) is 16.2. The molecule has 3 aliphatic rings. The summed E-state index contributed by atoms with van der Waals surface area (Å²) in [5, 5.41) is 12.9. The summed E-state index contributed by atoms with van der Waals surface area (Å²) < 4.78 is 0. The number of likely N-dealkylation sites (tertiary alicyclic amines) is 1. The first-order valence-corrected chi connectivity index (χ1v) is 10.5. The molecule has 0 amide bonds. The van der Waals surface area contributed by atoms with Gasteiger partial charge in [-0.1, -0.05) is 36.4 Å². The maximum absolute atomic E-state index is 11.0. The quantitative estimate of drug-likeness (QED) is 0.810. The highest BCUT2D eigenvalue weighted by atomic mass is 16.4. The second-order valence-corrected chi connectivity index (χ2v) is 8.75. The molecule has 0 aromatic heterocycles. The van der Waals surface area contributed by atoms with Crippen molar-refractivity contribution in [2.24, 2.45) is 11.8 Å². The van der Waals surface area contributed by atoms with E-state index in [1.54, 1.807) is 23.3 Å². The summed E-state index contributed by atoms with van der Waals surface area (Å²) in [6.45, 7) is 4.34. The molecule has 1 heterocycles. The third kappa shape index (κ3) is 3.47. The Bertz CT molecular complexity index is 855. The van der Waals surface area contributed by atoms with E-state index < -0.39 is 5.97 Å². The molecular weight excluding hydrogens is 348 g/mol. The fourth-order valence-corrected chi connectivity index (χ4v) is 5.29. The van der Waals surface area contributed by atoms with E-state index in [-0.39, 0.29) is 0 Å². The van der Waals surface area contributed by atoms with Crippen LogP contribution in [0, 0.1) is 11.8 Å². The van der Waals surface area contributed by atoms with E-state index in [0.29, 0.717) is 11.6 Å². The Hall–Kier alpha value is -2.17. The van der Waals surface area contributed by atoms with Crippen molar-refractivity contribution in [3.05, 3.63) is 70.8 Å². The van der Waals surface area contributed by atoms with Crippen LogP contribution in [0.2, 0.25) is 0 Å². The van der Waals surface area contributed by atoms with Crippen LogP contribution in [0.15, 0.2) is 48.5 Å². The smallest absolute Gasteiger partial charge is 0.335 e. The molecule has 0 spiro atoms. The lowest BCUT2D eigenvalue weighted by Crippen LogP contribution is -2.37. The lowest BCUT2D eigenvalue weighted by molar-refractivity contribution is 0.0697. The molecule has 1 saturated heterocycles. The van der Waals surface area contributed by atoms with Crippen LogP contribution in [0.3, 0.4) is 0 Å². The van der Waals surface area contributed by atoms with Crippen molar-refractivity contribution in [2.75, 3.05) is 19.6 Å². The van der Waals surface area contributed by atoms with Crippen LogP contribution in [0.25, 0.3) is 0 Å². The van der Waals surface area contributed by atoms with Gasteiger partial charge in [-0.2, -0.15) is 0 Å². The Balaban J connectivity index is 1.06. The van der Waals surface area contributed by atoms with E-state index in [1.807, 2.05) is 12.1 Å². The van der Waals surface area contributed by atoms with Gasteiger partial charge in [-0.3, -0.25) is 4.90 Å². The highest BCUT2D eigenvalue weighted by molar-refractivity contribution is 5.87. The molecule has 5 rings (SSSR count). The fraction of sp³-hybridized carbons (Fsp3) is 0.458. The Morgan fingerprint density at radius 1 is 1.07 bits per heavy atom. The first kappa shape index (κ1) is 17.9. The van der Waals surface area contributed by atoms with Crippen LogP contribution >= 0.6 is 0 Å². The molecule has 2 aromatic carbocycles. The van der Waals surface area contributed by atoms with Gasteiger partial charge in [0.05, 0.1) is 5.56 Å². The SMILES string of the molecule is O=C(O)c1ccc(CN2CCC(CNC3C4Cc5ccccc5C43)CC2)cc1. The van der Waals surface area contributed by atoms with E-state index in [0.717, 1.165) is 43.9 Å². The molecule has 28 heavy (non-hydrogen) atoms. The monoisotopic (exact) mass is 376 g/mol. The number of hydrogen-bond donors (Lipinski definition) is 2. The Morgan fingerprint density at radius 3 is 2.57 bits per heavy atom. The predicted octanol–water partition coefficient (Wildman–Crippen LogP) is 3.52. The van der Waals surface area contributed by atoms with Crippen molar-refractivity contribution in [2.45, 2.75) is 37.8 Å². The second kappa shape index (κ2) is 7.34. The third-order valence-electron chi connectivity index (χ3n) is 6.99. The lowest BCUT2D eigenvalue weighted by atomic mass is 9.96. The number of aromatic carboxylic acids is 1. The largest absolute Gasteiger partial charge is 0.478 e. The highest BCUT2D eigenvalue weighted by Crippen LogP contribution is 2.56. The predicted molar refractivity (Wildman–Crippen MR) is 110 cm³/mol. The second-order valence-electron chi connectivity index (χ2n) is 8.75. The number of carboxylic acids is 1. The molecule has 2 aliphatic carbocycles. The lowest BCUT2D eigenvalue weighted by Gasteiger charge is -2.32. The van der Waals surface area contributed by atoms with E-state index in [4.69, 9.17) is 5.11 Å². The number of piperidine rings is 1. The molecule has 4 nitrogen and oxygen atoms in total. The summed E-state index contributed by atoms with van der Waals surface area (Å²) >= 11 is 0. The average Bonchev–Trinajstić information content (AvgIpc) is 3.25. The summed E-state index contributed by atoms with van der Waals surface area (Å²) in [6, 6.07) is 17.0. The van der Waals surface area contributed by atoms with Gasteiger partial charge < -0.3 is 10.4 Å². The minimum atomic E-state index is -0.858. The summed E-state index contributed by atoms with van der Waals surface area (Å²) in [4.78, 5) is 13.5. The summed E-state index contributed by atoms with van der Waals surface area (Å²) in [5.74, 6) is 1.53. The van der Waals surface area contributed by atoms with Crippen molar-refractivity contribution < 1.29 is 9.90 Å². The van der Waals surface area contributed by atoms with Crippen LogP contribution in [-0.4, -0.2) is 41.7 Å². The molecule has 3 atom stereocenters. The normalized spacial score (nSPS) is 26.6. The number of carbonyl (C=O) groups is 1. The molecule has 146 valence electrons. The molecule has 1 aliphatic heterocycles. The molecule has 0 bridgehead atoms. The van der Waals surface area contributed by atoms with Gasteiger partial charge in [0.25, 0.3) is 0 Å². The first-order valence-electron chi connectivity index (χ1n) is 10.5. The van der Waals surface area contributed by atoms with E-state index in [1.165, 1.54) is 24.8 Å². The summed E-state index contributed by atoms with van der Waals surface area (Å²) in [5.41, 5.74) is 4.72. The molecule has 1 saturated carbocycles. The zero-order chi connectivity index (χ0) is 19.1. The Morgan fingerprint density at radius 2 is 1.82 bits per heavy atom. The van der Waals surface area contributed by atoms with Gasteiger partial charge in [0, 0.05) is 18.5 Å². The molecule has 4 heteroatoms. The Labute approximate surface area is 166 Å². The molecule has 2 N–H and O–H groups in total. The van der Waals surface area contributed by atoms with Gasteiger partial charge in [-0.05, 0) is 79.6 Å². The number of nitrogens with zero attached hydrogens (tertiary/aromatic N) is 1. The van der Waals surface area contributed by atoms with Crippen molar-refractivity contribution in [1.29, 1.82) is 0 Å². The van der Waals surface area contributed by atoms with Gasteiger partial charge in [-0.25, -0.2) is 4.79 Å². The van der Waals surface area contributed by atoms with Crippen LogP contribution in [-0.2, 0) is 13.0 Å². The highest BCUT2D eigenvalue weighted by Gasteiger charge is 2.55. The number of fused-ring (bicyclic) bond motifs is 3. The standard InChI is InChI=1S/C24H28N2O2/c27-24(28)18-7-5-17(6-8-18)15-26-11-9-16(10-12-26)14-25-23-21-13-19-3-1-2-4-20(19)22(21)23/h1-8,16,21-23,25H,9-15H2,(H,27,28). The first-order chi connectivity index (χ1) is 13.7. The molecule has 2 aromatic rings. The van der Waals surface area contributed by atoms with Crippen molar-refractivity contribution in [1.82, 2.24) is 10.2 Å². The van der Waals surface area contributed by atoms with Crippen molar-refractivity contribution in [3.63, 3.8) is 0 Å². The van der Waals surface area contributed by atoms with Gasteiger partial charge in [0.15, 0.2) is 0 Å². The average molecular weight is 377 g/mol. The van der Waals surface area contributed by atoms with Crippen LogP contribution in [0.4, 0.5) is 0 Å². The molecular formula is C24H28N2O2. The number of nitrogens with one attached hydrogen (secondary N) is 1. The Kier molecular flexibility index (Phi) is 4.69. The van der Waals surface area contributed by atoms with Crippen LogP contribution in [0.5, 0.6) is 0 Å². The number of rotatable bonds is 6. The van der Waals surface area contributed by atoms with Crippen molar-refractivity contribution >= 4 is 5.97 Å². The minimum absolute atomic E-state index is 0.362. The van der Waals surface area contributed by atoms with Gasteiger partial charge >= 0.3 is 5.97 Å². The maximum Gasteiger partial charge on any atom is 0.335 e. The number of carboxylic acid groups (broad SMARTS) is 1. The van der Waals surface area contributed by atoms with Gasteiger partial charge in [0.2, 0.25) is 0 Å².